The Morgan fingerprint density at radius 2 is 1.95 bits per heavy atom. The van der Waals surface area contributed by atoms with Crippen LogP contribution in [-0.4, -0.2) is 12.0 Å². The van der Waals surface area contributed by atoms with Gasteiger partial charge in [0.1, 0.15) is 17.3 Å². The van der Waals surface area contributed by atoms with Crippen molar-refractivity contribution in [1.29, 1.82) is 0 Å². The van der Waals surface area contributed by atoms with Gasteiger partial charge in [0.25, 0.3) is 0 Å². The number of nitrogens with two attached hydrogens (primary N) is 1. The van der Waals surface area contributed by atoms with Crippen LogP contribution in [0, 0.1) is 6.92 Å². The molecule has 21 heavy (non-hydrogen) atoms. The van der Waals surface area contributed by atoms with E-state index in [4.69, 9.17) is 10.2 Å². The van der Waals surface area contributed by atoms with Crippen LogP contribution in [0.15, 0.2) is 28.9 Å². The zero-order chi connectivity index (χ0) is 15.6. The Kier molecular flexibility index (Phi) is 4.22. The molecule has 2 aromatic rings. The summed E-state index contributed by atoms with van der Waals surface area (Å²) in [4.78, 5) is 5.35. The zero-order valence-electron chi connectivity index (χ0n) is 11.7. The second kappa shape index (κ2) is 5.77. The molecule has 114 valence electrons. The molecule has 0 saturated heterocycles. The van der Waals surface area contributed by atoms with E-state index in [1.807, 2.05) is 0 Å². The fraction of sp³-hybridized carbons (Fsp3) is 0.357. The summed E-state index contributed by atoms with van der Waals surface area (Å²) in [5.74, 6) is 0.955. The highest BCUT2D eigenvalue weighted by atomic mass is 19.4. The van der Waals surface area contributed by atoms with Crippen molar-refractivity contribution in [2.24, 2.45) is 5.73 Å². The molecule has 0 atom stereocenters. The predicted molar refractivity (Wildman–Crippen MR) is 72.7 cm³/mol. The summed E-state index contributed by atoms with van der Waals surface area (Å²) >= 11 is 0. The number of aryl methyl sites for hydroxylation is 1. The van der Waals surface area contributed by atoms with Gasteiger partial charge in [-0.1, -0.05) is 6.07 Å². The van der Waals surface area contributed by atoms with E-state index in [1.54, 1.807) is 31.2 Å². The Bertz CT molecular complexity index is 622. The molecule has 7 heteroatoms. The average molecular weight is 299 g/mol. The van der Waals surface area contributed by atoms with Crippen molar-refractivity contribution in [3.8, 4) is 0 Å². The highest BCUT2D eigenvalue weighted by Gasteiger charge is 2.33. The Morgan fingerprint density at radius 3 is 2.48 bits per heavy atom. The molecule has 0 aliphatic heterocycles. The molecular weight excluding hydrogens is 283 g/mol. The first-order valence-corrected chi connectivity index (χ1v) is 6.34. The molecule has 2 rings (SSSR count). The molecule has 2 N–H and O–H groups in total. The fourth-order valence-corrected chi connectivity index (χ4v) is 2.03. The lowest BCUT2D eigenvalue weighted by Gasteiger charge is -2.22. The molecular formula is C14H16F3N3O. The molecule has 0 spiro atoms. The van der Waals surface area contributed by atoms with Crippen LogP contribution in [0.1, 0.15) is 22.6 Å². The minimum absolute atomic E-state index is 0.120. The Balaban J connectivity index is 2.34. The van der Waals surface area contributed by atoms with Crippen LogP contribution in [0.3, 0.4) is 0 Å². The van der Waals surface area contributed by atoms with Crippen LogP contribution >= 0.6 is 0 Å². The number of hydrogen-bond donors (Lipinski definition) is 1. The quantitative estimate of drug-likeness (QED) is 0.942. The molecule has 0 aliphatic rings. The number of hydrogen-bond acceptors (Lipinski definition) is 4. The third kappa shape index (κ3) is 3.36. The smallest absolute Gasteiger partial charge is 0.433 e. The molecule has 0 fully saturated rings. The van der Waals surface area contributed by atoms with Crippen LogP contribution in [0.25, 0.3) is 0 Å². The first-order valence-electron chi connectivity index (χ1n) is 6.34. The van der Waals surface area contributed by atoms with Gasteiger partial charge < -0.3 is 15.1 Å². The fourth-order valence-electron chi connectivity index (χ4n) is 2.03. The van der Waals surface area contributed by atoms with Crippen molar-refractivity contribution >= 4 is 5.82 Å². The molecule has 0 aromatic carbocycles. The molecule has 4 nitrogen and oxygen atoms in total. The summed E-state index contributed by atoms with van der Waals surface area (Å²) in [6, 6.07) is 4.09. The number of halogens is 3. The number of nitrogens with zero attached hydrogens (tertiary/aromatic N) is 2. The van der Waals surface area contributed by atoms with Crippen LogP contribution in [-0.2, 0) is 19.3 Å². The predicted octanol–water partition coefficient (Wildman–Crippen LogP) is 3.10. The summed E-state index contributed by atoms with van der Waals surface area (Å²) in [6.45, 7) is 2.31. The average Bonchev–Trinajstić information content (AvgIpc) is 2.82. The third-order valence-corrected chi connectivity index (χ3v) is 3.20. The standard InChI is InChI=1S/C14H16F3N3O/c1-9-11(5-6-21-9)8-20(2)13-10(7-18)3-4-12(19-13)14(15,16)17/h3-6H,7-8,18H2,1-2H3. The lowest BCUT2D eigenvalue weighted by Crippen LogP contribution is -2.22. The highest BCUT2D eigenvalue weighted by Crippen LogP contribution is 2.30. The first-order chi connectivity index (χ1) is 9.82. The van der Waals surface area contributed by atoms with Gasteiger partial charge in [0.15, 0.2) is 0 Å². The van der Waals surface area contributed by atoms with E-state index in [0.717, 1.165) is 17.4 Å². The maximum absolute atomic E-state index is 12.8. The second-order valence-corrected chi connectivity index (χ2v) is 4.74. The van der Waals surface area contributed by atoms with Gasteiger partial charge in [-0.2, -0.15) is 13.2 Å². The van der Waals surface area contributed by atoms with Crippen molar-refractivity contribution < 1.29 is 17.6 Å². The lowest BCUT2D eigenvalue weighted by atomic mass is 10.2. The SMILES string of the molecule is Cc1occc1CN(C)c1nc(C(F)(F)F)ccc1CN. The van der Waals surface area contributed by atoms with Crippen molar-refractivity contribution in [2.45, 2.75) is 26.2 Å². The van der Waals surface area contributed by atoms with E-state index < -0.39 is 11.9 Å². The topological polar surface area (TPSA) is 55.3 Å². The summed E-state index contributed by atoms with van der Waals surface area (Å²) in [7, 11) is 1.67. The van der Waals surface area contributed by atoms with Gasteiger partial charge in [-0.25, -0.2) is 4.98 Å². The third-order valence-electron chi connectivity index (χ3n) is 3.20. The van der Waals surface area contributed by atoms with Crippen LogP contribution in [0.5, 0.6) is 0 Å². The summed E-state index contributed by atoms with van der Waals surface area (Å²) in [6.07, 6.45) is -2.93. The summed E-state index contributed by atoms with van der Waals surface area (Å²) in [5.41, 5.74) is 6.11. The molecule has 0 aliphatic carbocycles. The van der Waals surface area contributed by atoms with Gasteiger partial charge in [0.2, 0.25) is 0 Å². The number of alkyl halides is 3. The molecule has 0 amide bonds. The molecule has 0 radical (unpaired) electrons. The summed E-state index contributed by atoms with van der Waals surface area (Å²) in [5, 5.41) is 0. The number of anilines is 1. The van der Waals surface area contributed by atoms with Crippen LogP contribution in [0.4, 0.5) is 19.0 Å². The molecule has 2 heterocycles. The molecule has 2 aromatic heterocycles. The number of furan rings is 1. The number of aromatic nitrogens is 1. The van der Waals surface area contributed by atoms with Gasteiger partial charge >= 0.3 is 6.18 Å². The Hall–Kier alpha value is -2.02. The number of rotatable bonds is 4. The summed E-state index contributed by atoms with van der Waals surface area (Å²) < 4.78 is 43.5. The van der Waals surface area contributed by atoms with Gasteiger partial charge in [0.05, 0.1) is 6.26 Å². The normalized spacial score (nSPS) is 11.7. The van der Waals surface area contributed by atoms with Crippen LogP contribution < -0.4 is 10.6 Å². The van der Waals surface area contributed by atoms with E-state index in [9.17, 15) is 13.2 Å². The maximum atomic E-state index is 12.8. The van der Waals surface area contributed by atoms with Gasteiger partial charge in [0, 0.05) is 31.3 Å². The highest BCUT2D eigenvalue weighted by molar-refractivity contribution is 5.48. The minimum Gasteiger partial charge on any atom is -0.469 e. The zero-order valence-corrected chi connectivity index (χ0v) is 11.7. The number of pyridine rings is 1. The van der Waals surface area contributed by atoms with Crippen molar-refractivity contribution in [3.05, 3.63) is 47.0 Å². The van der Waals surface area contributed by atoms with Gasteiger partial charge in [-0.15, -0.1) is 0 Å². The Morgan fingerprint density at radius 1 is 1.24 bits per heavy atom. The second-order valence-electron chi connectivity index (χ2n) is 4.74. The van der Waals surface area contributed by atoms with E-state index in [1.165, 1.54) is 6.07 Å². The monoisotopic (exact) mass is 299 g/mol. The molecule has 0 saturated carbocycles. The van der Waals surface area contributed by atoms with Crippen LogP contribution in [0.2, 0.25) is 0 Å². The molecule has 0 unspecified atom stereocenters. The van der Waals surface area contributed by atoms with Crippen molar-refractivity contribution in [1.82, 2.24) is 4.98 Å². The van der Waals surface area contributed by atoms with Crippen molar-refractivity contribution in [2.75, 3.05) is 11.9 Å². The largest absolute Gasteiger partial charge is 0.469 e. The van der Waals surface area contributed by atoms with Gasteiger partial charge in [-0.3, -0.25) is 0 Å². The van der Waals surface area contributed by atoms with E-state index >= 15 is 0 Å². The lowest BCUT2D eigenvalue weighted by molar-refractivity contribution is -0.141. The van der Waals surface area contributed by atoms with E-state index in [0.29, 0.717) is 12.1 Å². The first kappa shape index (κ1) is 15.4. The van der Waals surface area contributed by atoms with E-state index in [2.05, 4.69) is 4.98 Å². The van der Waals surface area contributed by atoms with E-state index in [-0.39, 0.29) is 12.4 Å². The minimum atomic E-state index is -4.48. The molecule has 0 bridgehead atoms. The maximum Gasteiger partial charge on any atom is 0.433 e. The Labute approximate surface area is 120 Å². The van der Waals surface area contributed by atoms with Crippen molar-refractivity contribution in [3.63, 3.8) is 0 Å². The van der Waals surface area contributed by atoms with Gasteiger partial charge in [-0.05, 0) is 19.1 Å².